The second-order valence-corrected chi connectivity index (χ2v) is 10.2. The third-order valence-corrected chi connectivity index (χ3v) is 7.66. The second kappa shape index (κ2) is 11.7. The van der Waals surface area contributed by atoms with Gasteiger partial charge < -0.3 is 18.8 Å². The molecule has 1 saturated heterocycles. The zero-order valence-corrected chi connectivity index (χ0v) is 22.9. The predicted molar refractivity (Wildman–Crippen MR) is 153 cm³/mol. The van der Waals surface area contributed by atoms with Crippen LogP contribution in [0.5, 0.6) is 5.75 Å². The standard InChI is InChI=1S/C34H28F3NO4/c1-40-34(39)23-10-12-25(27(36)18-23)31-32-29(8-5-9-30(32)42-20-21-6-3-2-4-7-21)38(24-11-13-26(35)28(37)19-24)33(31)22-14-16-41-17-15-22/h2-13,18-19,22H,14-17,20H2,1H3. The Morgan fingerprint density at radius 1 is 0.881 bits per heavy atom. The van der Waals surface area contributed by atoms with Crippen LogP contribution in [0.4, 0.5) is 13.2 Å². The third-order valence-electron chi connectivity index (χ3n) is 7.66. The first kappa shape index (κ1) is 27.6. The van der Waals surface area contributed by atoms with Gasteiger partial charge in [-0.05, 0) is 54.8 Å². The fourth-order valence-electron chi connectivity index (χ4n) is 5.68. The van der Waals surface area contributed by atoms with E-state index in [9.17, 15) is 13.6 Å². The van der Waals surface area contributed by atoms with Gasteiger partial charge in [-0.1, -0.05) is 42.5 Å². The highest BCUT2D eigenvalue weighted by atomic mass is 19.2. The summed E-state index contributed by atoms with van der Waals surface area (Å²) in [6.07, 6.45) is 1.30. The number of nitrogens with zero attached hydrogens (tertiary/aromatic N) is 1. The van der Waals surface area contributed by atoms with E-state index in [0.717, 1.165) is 29.5 Å². The smallest absolute Gasteiger partial charge is 0.337 e. The molecule has 0 unspecified atom stereocenters. The van der Waals surface area contributed by atoms with Crippen molar-refractivity contribution in [3.63, 3.8) is 0 Å². The molecule has 1 aromatic heterocycles. The Bertz CT molecular complexity index is 1760. The second-order valence-electron chi connectivity index (χ2n) is 10.2. The Kier molecular flexibility index (Phi) is 7.71. The number of methoxy groups -OCH3 is 1. The van der Waals surface area contributed by atoms with E-state index in [1.54, 1.807) is 6.07 Å². The first-order chi connectivity index (χ1) is 20.5. The van der Waals surface area contributed by atoms with Crippen LogP contribution in [-0.2, 0) is 16.1 Å². The van der Waals surface area contributed by atoms with Gasteiger partial charge in [-0.2, -0.15) is 0 Å². The van der Waals surface area contributed by atoms with Crippen LogP contribution in [0.2, 0.25) is 0 Å². The molecule has 0 amide bonds. The van der Waals surface area contributed by atoms with Crippen molar-refractivity contribution in [1.82, 2.24) is 4.57 Å². The minimum Gasteiger partial charge on any atom is -0.488 e. The van der Waals surface area contributed by atoms with Gasteiger partial charge in [-0.3, -0.25) is 0 Å². The Morgan fingerprint density at radius 3 is 2.38 bits per heavy atom. The summed E-state index contributed by atoms with van der Waals surface area (Å²) in [6, 6.07) is 23.2. The molecule has 1 fully saturated rings. The van der Waals surface area contributed by atoms with Crippen LogP contribution >= 0.6 is 0 Å². The molecule has 214 valence electrons. The minimum atomic E-state index is -0.987. The number of halogens is 3. The summed E-state index contributed by atoms with van der Waals surface area (Å²) in [4.78, 5) is 12.2. The molecule has 0 aliphatic carbocycles. The van der Waals surface area contributed by atoms with Crippen LogP contribution in [0.25, 0.3) is 27.7 Å². The fraction of sp³-hybridized carbons (Fsp3) is 0.206. The SMILES string of the molecule is COC(=O)c1ccc(-c2c(C3CCOCC3)n(-c3ccc(F)c(F)c3)c3cccc(OCc4ccccc4)c23)c(F)c1. The number of hydrogen-bond donors (Lipinski definition) is 0. The number of esters is 1. The number of hydrogen-bond acceptors (Lipinski definition) is 4. The number of carbonyl (C=O) groups excluding carboxylic acids is 1. The molecule has 1 aliphatic heterocycles. The zero-order valence-electron chi connectivity index (χ0n) is 22.9. The van der Waals surface area contributed by atoms with Gasteiger partial charge in [0, 0.05) is 47.7 Å². The average Bonchev–Trinajstić information content (AvgIpc) is 3.37. The maximum absolute atomic E-state index is 16.0. The van der Waals surface area contributed by atoms with E-state index in [2.05, 4.69) is 0 Å². The van der Waals surface area contributed by atoms with Crippen LogP contribution in [0.1, 0.15) is 40.4 Å². The molecule has 6 rings (SSSR count). The summed E-state index contributed by atoms with van der Waals surface area (Å²) in [5.41, 5.74) is 3.65. The maximum Gasteiger partial charge on any atom is 0.337 e. The van der Waals surface area contributed by atoms with Gasteiger partial charge in [0.05, 0.1) is 23.6 Å². The quantitative estimate of drug-likeness (QED) is 0.186. The van der Waals surface area contributed by atoms with Crippen molar-refractivity contribution in [2.24, 2.45) is 0 Å². The molecule has 0 N–H and O–H groups in total. The van der Waals surface area contributed by atoms with Crippen LogP contribution in [-0.4, -0.2) is 30.9 Å². The Hall–Kier alpha value is -4.56. The van der Waals surface area contributed by atoms with Crippen molar-refractivity contribution >= 4 is 16.9 Å². The van der Waals surface area contributed by atoms with Crippen molar-refractivity contribution in [2.75, 3.05) is 20.3 Å². The van der Waals surface area contributed by atoms with E-state index in [1.807, 2.05) is 53.1 Å². The molecule has 4 aromatic carbocycles. The van der Waals surface area contributed by atoms with Crippen LogP contribution in [0.15, 0.2) is 84.9 Å². The van der Waals surface area contributed by atoms with Crippen molar-refractivity contribution in [3.05, 3.63) is 119 Å². The van der Waals surface area contributed by atoms with Crippen molar-refractivity contribution < 1.29 is 32.2 Å². The fourth-order valence-corrected chi connectivity index (χ4v) is 5.68. The summed E-state index contributed by atoms with van der Waals surface area (Å²) >= 11 is 0. The van der Waals surface area contributed by atoms with Gasteiger partial charge in [0.15, 0.2) is 11.6 Å². The van der Waals surface area contributed by atoms with E-state index >= 15 is 4.39 Å². The molecular formula is C34H28F3NO4. The lowest BCUT2D eigenvalue weighted by atomic mass is 9.89. The van der Waals surface area contributed by atoms with Crippen molar-refractivity contribution in [1.29, 1.82) is 0 Å². The van der Waals surface area contributed by atoms with Gasteiger partial charge in [0.25, 0.3) is 0 Å². The Morgan fingerprint density at radius 2 is 1.67 bits per heavy atom. The molecule has 0 atom stereocenters. The normalized spacial score (nSPS) is 13.8. The van der Waals surface area contributed by atoms with Crippen molar-refractivity contribution in [3.8, 4) is 22.6 Å². The summed E-state index contributed by atoms with van der Waals surface area (Å²) in [7, 11) is 1.24. The molecule has 0 radical (unpaired) electrons. The molecular weight excluding hydrogens is 543 g/mol. The molecule has 42 heavy (non-hydrogen) atoms. The summed E-state index contributed by atoms with van der Waals surface area (Å²) in [6.45, 7) is 1.28. The predicted octanol–water partition coefficient (Wildman–Crippen LogP) is 7.97. The zero-order chi connectivity index (χ0) is 29.2. The summed E-state index contributed by atoms with van der Waals surface area (Å²) in [5, 5.41) is 0.629. The molecule has 5 nitrogen and oxygen atoms in total. The van der Waals surface area contributed by atoms with Crippen LogP contribution < -0.4 is 4.74 Å². The van der Waals surface area contributed by atoms with Gasteiger partial charge in [0.1, 0.15) is 18.2 Å². The maximum atomic E-state index is 16.0. The van der Waals surface area contributed by atoms with Crippen LogP contribution in [0, 0.1) is 17.5 Å². The highest BCUT2D eigenvalue weighted by molar-refractivity contribution is 6.04. The van der Waals surface area contributed by atoms with E-state index in [-0.39, 0.29) is 23.7 Å². The summed E-state index contributed by atoms with van der Waals surface area (Å²) < 4.78 is 63.4. The summed E-state index contributed by atoms with van der Waals surface area (Å²) in [5.74, 6) is -2.79. The average molecular weight is 572 g/mol. The van der Waals surface area contributed by atoms with Gasteiger partial charge in [-0.15, -0.1) is 0 Å². The van der Waals surface area contributed by atoms with Gasteiger partial charge >= 0.3 is 5.97 Å². The third kappa shape index (κ3) is 5.14. The highest BCUT2D eigenvalue weighted by Crippen LogP contribution is 2.47. The molecule has 8 heteroatoms. The number of ether oxygens (including phenoxy) is 3. The number of rotatable bonds is 7. The number of benzene rings is 4. The molecule has 0 spiro atoms. The molecule has 1 aliphatic rings. The van der Waals surface area contributed by atoms with Crippen molar-refractivity contribution in [2.45, 2.75) is 25.4 Å². The van der Waals surface area contributed by atoms with E-state index in [4.69, 9.17) is 14.2 Å². The monoisotopic (exact) mass is 571 g/mol. The van der Waals surface area contributed by atoms with E-state index in [0.29, 0.717) is 54.0 Å². The number of carbonyl (C=O) groups is 1. The number of aromatic nitrogens is 1. The minimum absolute atomic E-state index is 0.0799. The highest BCUT2D eigenvalue weighted by Gasteiger charge is 2.31. The first-order valence-electron chi connectivity index (χ1n) is 13.7. The van der Waals surface area contributed by atoms with E-state index < -0.39 is 23.4 Å². The topological polar surface area (TPSA) is 49.7 Å². The Labute approximate surface area is 241 Å². The molecule has 0 saturated carbocycles. The number of fused-ring (bicyclic) bond motifs is 1. The van der Waals surface area contributed by atoms with Gasteiger partial charge in [-0.25, -0.2) is 18.0 Å². The molecule has 5 aromatic rings. The lowest BCUT2D eigenvalue weighted by Crippen LogP contribution is -2.17. The van der Waals surface area contributed by atoms with Crippen LogP contribution in [0.3, 0.4) is 0 Å². The lowest BCUT2D eigenvalue weighted by Gasteiger charge is -2.26. The Balaban J connectivity index is 1.65. The lowest BCUT2D eigenvalue weighted by molar-refractivity contribution is 0.0600. The first-order valence-corrected chi connectivity index (χ1v) is 13.7. The van der Waals surface area contributed by atoms with E-state index in [1.165, 1.54) is 19.2 Å². The van der Waals surface area contributed by atoms with Gasteiger partial charge in [0.2, 0.25) is 0 Å². The largest absolute Gasteiger partial charge is 0.488 e. The molecule has 2 heterocycles. The molecule has 0 bridgehead atoms.